The van der Waals surface area contributed by atoms with Crippen molar-refractivity contribution < 1.29 is 17.9 Å². The molecule has 0 aliphatic carbocycles. The summed E-state index contributed by atoms with van der Waals surface area (Å²) in [6.07, 6.45) is 0. The normalized spacial score (nSPS) is 11.3. The van der Waals surface area contributed by atoms with Crippen molar-refractivity contribution in [2.45, 2.75) is 19.2 Å². The van der Waals surface area contributed by atoms with Gasteiger partial charge in [0.05, 0.1) is 20.0 Å². The molecular formula is C17H21NO4S. The van der Waals surface area contributed by atoms with Crippen LogP contribution in [-0.4, -0.2) is 22.6 Å². The summed E-state index contributed by atoms with van der Waals surface area (Å²) in [4.78, 5) is 0. The van der Waals surface area contributed by atoms with E-state index >= 15 is 0 Å². The Balaban J connectivity index is 2.13. The molecule has 6 heteroatoms. The van der Waals surface area contributed by atoms with Crippen LogP contribution in [0.1, 0.15) is 16.7 Å². The summed E-state index contributed by atoms with van der Waals surface area (Å²) in [5, 5.41) is 0. The second-order valence-corrected chi connectivity index (χ2v) is 7.01. The Kier molecular flexibility index (Phi) is 5.63. The van der Waals surface area contributed by atoms with Crippen LogP contribution >= 0.6 is 0 Å². The van der Waals surface area contributed by atoms with Gasteiger partial charge < -0.3 is 9.47 Å². The molecule has 0 aliphatic rings. The van der Waals surface area contributed by atoms with Gasteiger partial charge in [-0.05, 0) is 30.2 Å². The fourth-order valence-corrected chi connectivity index (χ4v) is 3.39. The van der Waals surface area contributed by atoms with Crippen LogP contribution in [0.4, 0.5) is 0 Å². The zero-order valence-electron chi connectivity index (χ0n) is 13.5. The van der Waals surface area contributed by atoms with E-state index in [4.69, 9.17) is 9.47 Å². The van der Waals surface area contributed by atoms with E-state index in [0.717, 1.165) is 16.7 Å². The molecule has 0 amide bonds. The molecule has 0 atom stereocenters. The van der Waals surface area contributed by atoms with E-state index in [1.54, 1.807) is 32.4 Å². The molecule has 2 rings (SSSR count). The molecule has 0 spiro atoms. The zero-order valence-corrected chi connectivity index (χ0v) is 14.3. The molecular weight excluding hydrogens is 314 g/mol. The number of aryl methyl sites for hydroxylation is 1. The Morgan fingerprint density at radius 1 is 1.00 bits per heavy atom. The molecule has 0 bridgehead atoms. The molecule has 0 aliphatic heterocycles. The third kappa shape index (κ3) is 4.71. The van der Waals surface area contributed by atoms with Crippen molar-refractivity contribution in [3.8, 4) is 11.5 Å². The van der Waals surface area contributed by atoms with Gasteiger partial charge in [0.1, 0.15) is 11.5 Å². The van der Waals surface area contributed by atoms with Crippen LogP contribution in [0.2, 0.25) is 0 Å². The fraction of sp³-hybridized carbons (Fsp3) is 0.294. The van der Waals surface area contributed by atoms with Gasteiger partial charge in [-0.3, -0.25) is 0 Å². The quantitative estimate of drug-likeness (QED) is 0.845. The van der Waals surface area contributed by atoms with Crippen molar-refractivity contribution in [1.29, 1.82) is 0 Å². The Morgan fingerprint density at radius 3 is 2.26 bits per heavy atom. The van der Waals surface area contributed by atoms with Crippen molar-refractivity contribution in [2.75, 3.05) is 14.2 Å². The Labute approximate surface area is 137 Å². The maximum Gasteiger partial charge on any atom is 0.216 e. The molecule has 2 aromatic rings. The summed E-state index contributed by atoms with van der Waals surface area (Å²) in [5.41, 5.74) is 2.40. The van der Waals surface area contributed by atoms with Crippen molar-refractivity contribution in [1.82, 2.24) is 4.72 Å². The summed E-state index contributed by atoms with van der Waals surface area (Å²) in [6.45, 7) is 2.06. The summed E-state index contributed by atoms with van der Waals surface area (Å²) >= 11 is 0. The van der Waals surface area contributed by atoms with Crippen LogP contribution in [0.25, 0.3) is 0 Å². The van der Waals surface area contributed by atoms with E-state index < -0.39 is 10.0 Å². The lowest BCUT2D eigenvalue weighted by atomic mass is 10.1. The van der Waals surface area contributed by atoms with Crippen molar-refractivity contribution >= 4 is 10.0 Å². The Bertz CT molecular complexity index is 758. The first-order valence-corrected chi connectivity index (χ1v) is 8.83. The zero-order chi connectivity index (χ0) is 16.9. The molecule has 23 heavy (non-hydrogen) atoms. The first-order chi connectivity index (χ1) is 10.9. The number of hydrogen-bond acceptors (Lipinski definition) is 4. The third-order valence-corrected chi connectivity index (χ3v) is 4.78. The topological polar surface area (TPSA) is 64.6 Å². The van der Waals surface area contributed by atoms with Gasteiger partial charge in [0.2, 0.25) is 10.0 Å². The molecule has 0 fully saturated rings. The highest BCUT2D eigenvalue weighted by Crippen LogP contribution is 2.28. The van der Waals surface area contributed by atoms with Gasteiger partial charge in [-0.2, -0.15) is 0 Å². The van der Waals surface area contributed by atoms with Gasteiger partial charge >= 0.3 is 0 Å². The molecule has 0 aromatic heterocycles. The van der Waals surface area contributed by atoms with E-state index in [1.165, 1.54) is 0 Å². The number of ether oxygens (including phenoxy) is 2. The van der Waals surface area contributed by atoms with E-state index in [9.17, 15) is 8.42 Å². The highest BCUT2D eigenvalue weighted by atomic mass is 32.2. The first kappa shape index (κ1) is 17.3. The second-order valence-electron chi connectivity index (χ2n) is 5.20. The predicted octanol–water partition coefficient (Wildman–Crippen LogP) is 2.63. The Morgan fingerprint density at radius 2 is 1.65 bits per heavy atom. The molecule has 124 valence electrons. The lowest BCUT2D eigenvalue weighted by molar-refractivity contribution is 0.396. The number of nitrogens with one attached hydrogen (secondary N) is 1. The van der Waals surface area contributed by atoms with Crippen molar-refractivity contribution in [2.24, 2.45) is 0 Å². The summed E-state index contributed by atoms with van der Waals surface area (Å²) in [6, 6.07) is 12.7. The molecule has 2 aromatic carbocycles. The lowest BCUT2D eigenvalue weighted by Gasteiger charge is -2.14. The van der Waals surface area contributed by atoms with Crippen LogP contribution in [0.15, 0.2) is 42.5 Å². The lowest BCUT2D eigenvalue weighted by Crippen LogP contribution is -2.25. The van der Waals surface area contributed by atoms with E-state index in [2.05, 4.69) is 4.72 Å². The highest BCUT2D eigenvalue weighted by Gasteiger charge is 2.14. The predicted molar refractivity (Wildman–Crippen MR) is 90.2 cm³/mol. The number of methoxy groups -OCH3 is 2. The number of rotatable bonds is 7. The highest BCUT2D eigenvalue weighted by molar-refractivity contribution is 7.88. The summed E-state index contributed by atoms with van der Waals surface area (Å²) < 4.78 is 37.6. The van der Waals surface area contributed by atoms with Gasteiger partial charge in [-0.15, -0.1) is 0 Å². The van der Waals surface area contributed by atoms with Gasteiger partial charge in [0.15, 0.2) is 0 Å². The maximum atomic E-state index is 12.2. The van der Waals surface area contributed by atoms with Gasteiger partial charge in [0, 0.05) is 12.1 Å². The number of sulfonamides is 1. The van der Waals surface area contributed by atoms with E-state index in [1.807, 2.05) is 31.2 Å². The Hall–Kier alpha value is -2.05. The van der Waals surface area contributed by atoms with Gasteiger partial charge in [-0.25, -0.2) is 13.1 Å². The largest absolute Gasteiger partial charge is 0.496 e. The maximum absolute atomic E-state index is 12.2. The van der Waals surface area contributed by atoms with E-state index in [0.29, 0.717) is 11.5 Å². The minimum atomic E-state index is -3.43. The average Bonchev–Trinajstić information content (AvgIpc) is 2.53. The van der Waals surface area contributed by atoms with Crippen molar-refractivity contribution in [3.63, 3.8) is 0 Å². The molecule has 0 unspecified atom stereocenters. The summed E-state index contributed by atoms with van der Waals surface area (Å²) in [5.74, 6) is 1.27. The molecule has 0 saturated heterocycles. The number of hydrogen-bond donors (Lipinski definition) is 1. The fourth-order valence-electron chi connectivity index (χ4n) is 2.28. The SMILES string of the molecule is COc1cc(CNS(=O)(=O)Cc2ccccc2)c(OC)cc1C. The third-order valence-electron chi connectivity index (χ3n) is 3.48. The van der Waals surface area contributed by atoms with Crippen LogP contribution in [0.3, 0.4) is 0 Å². The number of benzene rings is 2. The molecule has 1 N–H and O–H groups in total. The summed E-state index contributed by atoms with van der Waals surface area (Å²) in [7, 11) is -0.294. The van der Waals surface area contributed by atoms with Crippen LogP contribution in [-0.2, 0) is 22.3 Å². The first-order valence-electron chi connectivity index (χ1n) is 7.18. The molecule has 0 radical (unpaired) electrons. The van der Waals surface area contributed by atoms with Gasteiger partial charge in [0.25, 0.3) is 0 Å². The van der Waals surface area contributed by atoms with Crippen LogP contribution in [0, 0.1) is 6.92 Å². The molecule has 0 heterocycles. The smallest absolute Gasteiger partial charge is 0.216 e. The van der Waals surface area contributed by atoms with Crippen LogP contribution < -0.4 is 14.2 Å². The standard InChI is InChI=1S/C17H21NO4S/c1-13-9-17(22-3)15(10-16(13)21-2)11-18-23(19,20)12-14-7-5-4-6-8-14/h4-10,18H,11-12H2,1-3H3. The van der Waals surface area contributed by atoms with Crippen LogP contribution in [0.5, 0.6) is 11.5 Å². The second kappa shape index (κ2) is 7.48. The average molecular weight is 335 g/mol. The molecule has 0 saturated carbocycles. The van der Waals surface area contributed by atoms with Crippen molar-refractivity contribution in [3.05, 3.63) is 59.2 Å². The van der Waals surface area contributed by atoms with E-state index in [-0.39, 0.29) is 12.3 Å². The van der Waals surface area contributed by atoms with Gasteiger partial charge in [-0.1, -0.05) is 30.3 Å². The molecule has 5 nitrogen and oxygen atoms in total. The monoisotopic (exact) mass is 335 g/mol. The minimum Gasteiger partial charge on any atom is -0.496 e. The minimum absolute atomic E-state index is 0.0564.